The van der Waals surface area contributed by atoms with Crippen LogP contribution in [0.2, 0.25) is 0 Å². The number of halogens is 3. The van der Waals surface area contributed by atoms with Gasteiger partial charge < -0.3 is 15.0 Å². The first-order valence-corrected chi connectivity index (χ1v) is 10.2. The van der Waals surface area contributed by atoms with Gasteiger partial charge in [-0.2, -0.15) is 13.2 Å². The zero-order valence-corrected chi connectivity index (χ0v) is 17.1. The molecule has 1 saturated heterocycles. The predicted octanol–water partition coefficient (Wildman–Crippen LogP) is 3.10. The van der Waals surface area contributed by atoms with Gasteiger partial charge in [-0.1, -0.05) is 0 Å². The Balaban J connectivity index is 1.50. The average Bonchev–Trinajstić information content (AvgIpc) is 3.16. The molecule has 2 aromatic heterocycles. The highest BCUT2D eigenvalue weighted by Gasteiger charge is 2.31. The Morgan fingerprint density at radius 1 is 1.20 bits per heavy atom. The molecule has 0 unspecified atom stereocenters. The number of piperazine rings is 1. The van der Waals surface area contributed by atoms with Crippen molar-refractivity contribution >= 4 is 34.0 Å². The predicted molar refractivity (Wildman–Crippen MR) is 107 cm³/mol. The minimum absolute atomic E-state index is 0.147. The Hall–Kier alpha value is -2.66. The van der Waals surface area contributed by atoms with Gasteiger partial charge in [0.2, 0.25) is 5.91 Å². The largest absolute Gasteiger partial charge is 0.462 e. The number of carbonyl (C=O) groups excluding carboxylic acids is 2. The second-order valence-electron chi connectivity index (χ2n) is 6.60. The lowest BCUT2D eigenvalue weighted by Gasteiger charge is -2.35. The second-order valence-corrected chi connectivity index (χ2v) is 7.51. The van der Waals surface area contributed by atoms with Gasteiger partial charge in [0.15, 0.2) is 0 Å². The molecule has 2 aromatic rings. The molecule has 0 aliphatic carbocycles. The van der Waals surface area contributed by atoms with Crippen LogP contribution in [0.1, 0.15) is 22.8 Å². The molecule has 1 N–H and O–H groups in total. The molecule has 1 amide bonds. The van der Waals surface area contributed by atoms with Crippen molar-refractivity contribution < 1.29 is 27.5 Å². The van der Waals surface area contributed by atoms with Gasteiger partial charge >= 0.3 is 12.1 Å². The minimum Gasteiger partial charge on any atom is -0.462 e. The van der Waals surface area contributed by atoms with Crippen LogP contribution in [-0.2, 0) is 15.7 Å². The first-order chi connectivity index (χ1) is 14.3. The van der Waals surface area contributed by atoms with Crippen LogP contribution >= 0.6 is 11.3 Å². The van der Waals surface area contributed by atoms with Gasteiger partial charge in [0.25, 0.3) is 0 Å². The Bertz CT molecular complexity index is 878. The summed E-state index contributed by atoms with van der Waals surface area (Å²) >= 11 is 1.25. The Labute approximate surface area is 175 Å². The molecule has 11 heteroatoms. The van der Waals surface area contributed by atoms with Crippen LogP contribution in [-0.4, -0.2) is 61.1 Å². The third-order valence-corrected chi connectivity index (χ3v) is 5.38. The van der Waals surface area contributed by atoms with Crippen LogP contribution in [0.5, 0.6) is 0 Å². The summed E-state index contributed by atoms with van der Waals surface area (Å²) in [4.78, 5) is 32.0. The number of aromatic nitrogens is 1. The number of alkyl halides is 3. The van der Waals surface area contributed by atoms with E-state index in [-0.39, 0.29) is 19.1 Å². The minimum atomic E-state index is -4.41. The average molecular weight is 442 g/mol. The molecule has 0 spiro atoms. The summed E-state index contributed by atoms with van der Waals surface area (Å²) in [6.07, 6.45) is -3.58. The zero-order chi connectivity index (χ0) is 21.7. The molecule has 0 atom stereocenters. The lowest BCUT2D eigenvalue weighted by Crippen LogP contribution is -2.49. The van der Waals surface area contributed by atoms with Gasteiger partial charge in [-0.3, -0.25) is 9.69 Å². The number of ether oxygens (including phenoxy) is 1. The van der Waals surface area contributed by atoms with E-state index in [0.717, 1.165) is 12.3 Å². The fraction of sp³-hybridized carbons (Fsp3) is 0.421. The number of thiophene rings is 1. The summed E-state index contributed by atoms with van der Waals surface area (Å²) in [6, 6.07) is 3.98. The fourth-order valence-corrected chi connectivity index (χ4v) is 3.81. The van der Waals surface area contributed by atoms with E-state index in [9.17, 15) is 22.8 Å². The van der Waals surface area contributed by atoms with Gasteiger partial charge in [0, 0.05) is 32.4 Å². The summed E-state index contributed by atoms with van der Waals surface area (Å²) in [5, 5.41) is 4.90. The first kappa shape index (κ1) is 22.0. The van der Waals surface area contributed by atoms with E-state index in [1.54, 1.807) is 18.4 Å². The number of amides is 1. The number of nitrogens with zero attached hydrogens (tertiary/aromatic N) is 3. The molecule has 3 heterocycles. The first-order valence-electron chi connectivity index (χ1n) is 9.33. The maximum atomic E-state index is 12.7. The summed E-state index contributed by atoms with van der Waals surface area (Å²) < 4.78 is 42.9. The lowest BCUT2D eigenvalue weighted by molar-refractivity contribution is -0.137. The monoisotopic (exact) mass is 442 g/mol. The third-order valence-electron chi connectivity index (χ3n) is 4.55. The third kappa shape index (κ3) is 5.48. The van der Waals surface area contributed by atoms with Crippen LogP contribution in [0.3, 0.4) is 0 Å². The normalized spacial score (nSPS) is 15.1. The maximum Gasteiger partial charge on any atom is 0.417 e. The summed E-state index contributed by atoms with van der Waals surface area (Å²) in [5.41, 5.74) is -0.453. The van der Waals surface area contributed by atoms with Crippen molar-refractivity contribution in [2.75, 3.05) is 49.5 Å². The number of hydrogen-bond donors (Lipinski definition) is 1. The van der Waals surface area contributed by atoms with Crippen LogP contribution < -0.4 is 10.2 Å². The molecule has 0 saturated carbocycles. The number of pyridine rings is 1. The molecule has 0 bridgehead atoms. The lowest BCUT2D eigenvalue weighted by atomic mass is 10.2. The zero-order valence-electron chi connectivity index (χ0n) is 16.2. The number of carbonyl (C=O) groups is 2. The molecule has 30 heavy (non-hydrogen) atoms. The number of rotatable bonds is 6. The van der Waals surface area contributed by atoms with Crippen molar-refractivity contribution in [2.24, 2.45) is 0 Å². The summed E-state index contributed by atoms with van der Waals surface area (Å²) in [6.45, 7) is 4.31. The topological polar surface area (TPSA) is 74.8 Å². The van der Waals surface area contributed by atoms with Gasteiger partial charge in [0.1, 0.15) is 10.8 Å². The molecule has 3 rings (SSSR count). The van der Waals surface area contributed by atoms with E-state index in [0.29, 0.717) is 42.6 Å². The smallest absolute Gasteiger partial charge is 0.417 e. The number of hydrogen-bond acceptors (Lipinski definition) is 7. The Kier molecular flexibility index (Phi) is 6.93. The molecule has 162 valence electrons. The summed E-state index contributed by atoms with van der Waals surface area (Å²) in [5.74, 6) is -0.249. The van der Waals surface area contributed by atoms with Gasteiger partial charge in [-0.15, -0.1) is 11.3 Å². The van der Waals surface area contributed by atoms with Crippen LogP contribution in [0.15, 0.2) is 29.8 Å². The van der Waals surface area contributed by atoms with Crippen molar-refractivity contribution in [3.05, 3.63) is 40.9 Å². The molecule has 1 fully saturated rings. The van der Waals surface area contributed by atoms with E-state index in [1.807, 2.05) is 9.80 Å². The van der Waals surface area contributed by atoms with Gasteiger partial charge in [-0.05, 0) is 30.5 Å². The van der Waals surface area contributed by atoms with E-state index in [4.69, 9.17) is 4.74 Å². The molecule has 1 aliphatic rings. The Morgan fingerprint density at radius 2 is 1.93 bits per heavy atom. The molecule has 0 aromatic carbocycles. The highest BCUT2D eigenvalue weighted by Crippen LogP contribution is 2.29. The van der Waals surface area contributed by atoms with E-state index < -0.39 is 17.7 Å². The van der Waals surface area contributed by atoms with Crippen LogP contribution in [0.4, 0.5) is 24.0 Å². The van der Waals surface area contributed by atoms with Crippen molar-refractivity contribution in [3.8, 4) is 0 Å². The molecule has 7 nitrogen and oxygen atoms in total. The Morgan fingerprint density at radius 3 is 2.53 bits per heavy atom. The SMILES string of the molecule is CCOC(=O)c1ccsc1NC(=O)CN1CCN(c2ccc(C(F)(F)F)cn2)CC1. The van der Waals surface area contributed by atoms with Crippen molar-refractivity contribution in [3.63, 3.8) is 0 Å². The molecular formula is C19H21F3N4O3S. The fourth-order valence-electron chi connectivity index (χ4n) is 3.02. The van der Waals surface area contributed by atoms with Crippen molar-refractivity contribution in [1.29, 1.82) is 0 Å². The standard InChI is InChI=1S/C19H21F3N4O3S/c1-2-29-18(28)14-5-10-30-17(14)24-16(27)12-25-6-8-26(9-7-25)15-4-3-13(11-23-15)19(20,21)22/h3-5,10-11H,2,6-9,12H2,1H3,(H,24,27). The van der Waals surface area contributed by atoms with Crippen LogP contribution in [0, 0.1) is 0 Å². The summed E-state index contributed by atoms with van der Waals surface area (Å²) in [7, 11) is 0. The molecule has 1 aliphatic heterocycles. The van der Waals surface area contributed by atoms with E-state index in [1.165, 1.54) is 17.4 Å². The molecule has 0 radical (unpaired) electrons. The highest BCUT2D eigenvalue weighted by atomic mass is 32.1. The van der Waals surface area contributed by atoms with Crippen LogP contribution in [0.25, 0.3) is 0 Å². The molecular weight excluding hydrogens is 421 g/mol. The van der Waals surface area contributed by atoms with Crippen molar-refractivity contribution in [2.45, 2.75) is 13.1 Å². The number of nitrogens with one attached hydrogen (secondary N) is 1. The number of anilines is 2. The quantitative estimate of drug-likeness (QED) is 0.693. The second kappa shape index (κ2) is 9.43. The van der Waals surface area contributed by atoms with E-state index in [2.05, 4.69) is 10.3 Å². The van der Waals surface area contributed by atoms with Gasteiger partial charge in [0.05, 0.1) is 24.3 Å². The number of esters is 1. The van der Waals surface area contributed by atoms with E-state index >= 15 is 0 Å². The van der Waals surface area contributed by atoms with Crippen molar-refractivity contribution in [1.82, 2.24) is 9.88 Å². The highest BCUT2D eigenvalue weighted by molar-refractivity contribution is 7.14. The van der Waals surface area contributed by atoms with Gasteiger partial charge in [-0.25, -0.2) is 9.78 Å². The maximum absolute atomic E-state index is 12.7.